The van der Waals surface area contributed by atoms with Gasteiger partial charge in [-0.2, -0.15) is 0 Å². The molecule has 6 N–H and O–H groups in total. The van der Waals surface area contributed by atoms with Crippen molar-refractivity contribution in [2.45, 2.75) is 0 Å². The van der Waals surface area contributed by atoms with Crippen LogP contribution in [-0.2, 0) is 0 Å². The molecule has 0 spiro atoms. The number of fused-ring (bicyclic) bond motifs is 1. The molecule has 0 fully saturated rings. The highest BCUT2D eigenvalue weighted by molar-refractivity contribution is 6.01. The van der Waals surface area contributed by atoms with E-state index in [-0.39, 0.29) is 22.9 Å². The third kappa shape index (κ3) is 7.61. The second kappa shape index (κ2) is 14.8. The van der Waals surface area contributed by atoms with Crippen molar-refractivity contribution in [3.8, 4) is 70.0 Å². The van der Waals surface area contributed by atoms with E-state index in [4.69, 9.17) is 20.9 Å². The molecule has 0 bridgehead atoms. The number of ether oxygens (including phenoxy) is 2. The van der Waals surface area contributed by atoms with Crippen LogP contribution in [0.25, 0.3) is 10.8 Å². The summed E-state index contributed by atoms with van der Waals surface area (Å²) in [5, 5.41) is 21.5. The molecular weight excluding hydrogens is 645 g/mol. The van der Waals surface area contributed by atoms with Gasteiger partial charge in [0.1, 0.15) is 34.5 Å². The van der Waals surface area contributed by atoms with Gasteiger partial charge in [-0.05, 0) is 78.9 Å². The molecule has 0 aromatic heterocycles. The molecule has 0 saturated carbocycles. The predicted octanol–water partition coefficient (Wildman–Crippen LogP) is 9.20. The largest absolute Gasteiger partial charge is 0.506 e. The Kier molecular flexibility index (Phi) is 9.34. The van der Waals surface area contributed by atoms with E-state index in [1.807, 2.05) is 109 Å². The zero-order valence-electron chi connectivity index (χ0n) is 27.7. The fraction of sp³-hybridized carbons (Fsp3) is 0. The average Bonchev–Trinajstić information content (AvgIpc) is 3.17. The lowest BCUT2D eigenvalue weighted by atomic mass is 9.95. The molecule has 7 aromatic carbocycles. The van der Waals surface area contributed by atoms with Crippen LogP contribution in [0.5, 0.6) is 34.5 Å². The van der Waals surface area contributed by atoms with Gasteiger partial charge in [-0.25, -0.2) is 0 Å². The number of anilines is 2. The van der Waals surface area contributed by atoms with E-state index in [1.165, 1.54) is 12.1 Å². The van der Waals surface area contributed by atoms with Crippen LogP contribution in [0.3, 0.4) is 0 Å². The SMILES string of the molecule is Nc1cc(Oc2cc(C#Cc3ccccc3)c(C#Cc3ccccc3)c3c(Oc4ccc(O)c(N)c4)cc(C#Cc4ccccc4)cc23)ccc1O. The molecule has 6 nitrogen and oxygen atoms in total. The summed E-state index contributed by atoms with van der Waals surface area (Å²) in [6, 6.07) is 43.9. The summed E-state index contributed by atoms with van der Waals surface area (Å²) in [7, 11) is 0. The van der Waals surface area contributed by atoms with Gasteiger partial charge in [0, 0.05) is 50.7 Å². The summed E-state index contributed by atoms with van der Waals surface area (Å²) in [5.74, 6) is 21.3. The third-order valence-corrected chi connectivity index (χ3v) is 7.96. The van der Waals surface area contributed by atoms with Crippen molar-refractivity contribution in [1.29, 1.82) is 0 Å². The number of aromatic hydroxyl groups is 2. The summed E-state index contributed by atoms with van der Waals surface area (Å²) >= 11 is 0. The highest BCUT2D eigenvalue weighted by Crippen LogP contribution is 2.42. The number of nitrogens with two attached hydrogens (primary N) is 2. The van der Waals surface area contributed by atoms with Gasteiger partial charge >= 0.3 is 0 Å². The Hall–Kier alpha value is -7.72. The maximum atomic E-state index is 10.2. The minimum Gasteiger partial charge on any atom is -0.506 e. The Labute approximate surface area is 301 Å². The van der Waals surface area contributed by atoms with Crippen LogP contribution in [-0.4, -0.2) is 10.2 Å². The Morgan fingerprint density at radius 2 is 0.885 bits per heavy atom. The lowest BCUT2D eigenvalue weighted by Gasteiger charge is -2.17. The zero-order valence-corrected chi connectivity index (χ0v) is 27.7. The molecule has 0 unspecified atom stereocenters. The molecule has 0 radical (unpaired) electrons. The van der Waals surface area contributed by atoms with Crippen LogP contribution in [0.4, 0.5) is 11.4 Å². The van der Waals surface area contributed by atoms with Gasteiger partial charge in [-0.1, -0.05) is 90.1 Å². The lowest BCUT2D eigenvalue weighted by molar-refractivity contribution is 0.467. The van der Waals surface area contributed by atoms with Gasteiger partial charge in [0.25, 0.3) is 0 Å². The number of benzene rings is 7. The fourth-order valence-corrected chi connectivity index (χ4v) is 5.38. The highest BCUT2D eigenvalue weighted by Gasteiger charge is 2.19. The Morgan fingerprint density at radius 1 is 0.423 bits per heavy atom. The van der Waals surface area contributed by atoms with E-state index in [0.29, 0.717) is 50.5 Å². The Bertz CT molecular complexity index is 2620. The lowest BCUT2D eigenvalue weighted by Crippen LogP contribution is -1.98. The van der Waals surface area contributed by atoms with Crippen LogP contribution >= 0.6 is 0 Å². The van der Waals surface area contributed by atoms with Crippen LogP contribution in [0.1, 0.15) is 33.4 Å². The average molecular weight is 675 g/mol. The summed E-state index contributed by atoms with van der Waals surface area (Å²) < 4.78 is 13.1. The van der Waals surface area contributed by atoms with E-state index in [0.717, 1.165) is 16.7 Å². The molecule has 248 valence electrons. The van der Waals surface area contributed by atoms with Crippen LogP contribution in [0.2, 0.25) is 0 Å². The summed E-state index contributed by atoms with van der Waals surface area (Å²) in [6.45, 7) is 0. The molecule has 0 aliphatic carbocycles. The molecule has 0 aliphatic rings. The van der Waals surface area contributed by atoms with E-state index in [2.05, 4.69) is 35.5 Å². The van der Waals surface area contributed by atoms with Crippen molar-refractivity contribution in [1.82, 2.24) is 0 Å². The zero-order chi connectivity index (χ0) is 35.9. The number of phenolic OH excluding ortho intramolecular Hbond substituents is 2. The molecule has 7 aromatic rings. The number of rotatable bonds is 4. The van der Waals surface area contributed by atoms with Crippen LogP contribution in [0, 0.1) is 35.5 Å². The second-order valence-electron chi connectivity index (χ2n) is 11.7. The van der Waals surface area contributed by atoms with Crippen LogP contribution in [0.15, 0.2) is 146 Å². The Morgan fingerprint density at radius 3 is 1.40 bits per heavy atom. The van der Waals surface area contributed by atoms with Crippen molar-refractivity contribution in [3.05, 3.63) is 179 Å². The standard InChI is InChI=1S/C46H30N2O4/c47-40-29-36(21-24-42(40)49)51-44-28-35(20-18-32-12-6-2-7-13-32)38(23-19-33-14-8-3-9-15-33)46-39(44)26-34(17-16-31-10-4-1-5-11-31)27-45(46)52-37-22-25-43(50)41(48)30-37/h1-15,21-22,24-30,49-50H,47-48H2. The molecule has 6 heteroatoms. The number of nitrogen functional groups attached to an aromatic ring is 2. The summed E-state index contributed by atoms with van der Waals surface area (Å²) in [4.78, 5) is 0. The fourth-order valence-electron chi connectivity index (χ4n) is 5.38. The normalized spacial score (nSPS) is 10.2. The molecule has 0 saturated heterocycles. The first-order chi connectivity index (χ1) is 25.4. The maximum absolute atomic E-state index is 10.2. The van der Waals surface area contributed by atoms with Gasteiger partial charge < -0.3 is 31.2 Å². The molecule has 0 atom stereocenters. The monoisotopic (exact) mass is 674 g/mol. The quantitative estimate of drug-likeness (QED) is 0.0842. The van der Waals surface area contributed by atoms with Gasteiger partial charge in [0.15, 0.2) is 0 Å². The van der Waals surface area contributed by atoms with Crippen molar-refractivity contribution < 1.29 is 19.7 Å². The van der Waals surface area contributed by atoms with E-state index >= 15 is 0 Å². The second-order valence-corrected chi connectivity index (χ2v) is 11.7. The highest BCUT2D eigenvalue weighted by atomic mass is 16.5. The molecule has 0 aliphatic heterocycles. The first-order valence-corrected chi connectivity index (χ1v) is 16.3. The molecule has 0 heterocycles. The Balaban J connectivity index is 1.54. The van der Waals surface area contributed by atoms with Gasteiger partial charge in [0.2, 0.25) is 0 Å². The maximum Gasteiger partial charge on any atom is 0.138 e. The van der Waals surface area contributed by atoms with Gasteiger partial charge in [-0.3, -0.25) is 0 Å². The molecular formula is C46H30N2O4. The van der Waals surface area contributed by atoms with Crippen LogP contribution < -0.4 is 20.9 Å². The van der Waals surface area contributed by atoms with E-state index in [1.54, 1.807) is 24.3 Å². The van der Waals surface area contributed by atoms with Gasteiger partial charge in [0.05, 0.1) is 16.9 Å². The van der Waals surface area contributed by atoms with Crippen molar-refractivity contribution >= 4 is 22.1 Å². The molecule has 0 amide bonds. The number of hydrogen-bond acceptors (Lipinski definition) is 6. The number of phenols is 2. The first kappa shape index (κ1) is 32.8. The molecule has 52 heavy (non-hydrogen) atoms. The summed E-state index contributed by atoms with van der Waals surface area (Å²) in [6.07, 6.45) is 0. The third-order valence-electron chi connectivity index (χ3n) is 7.96. The topological polar surface area (TPSA) is 111 Å². The van der Waals surface area contributed by atoms with E-state index < -0.39 is 0 Å². The smallest absolute Gasteiger partial charge is 0.138 e. The minimum atomic E-state index is -0.0589. The van der Waals surface area contributed by atoms with Gasteiger partial charge in [-0.15, -0.1) is 0 Å². The summed E-state index contributed by atoms with van der Waals surface area (Å²) in [5.41, 5.74) is 16.8. The van der Waals surface area contributed by atoms with Crippen molar-refractivity contribution in [2.24, 2.45) is 0 Å². The minimum absolute atomic E-state index is 0.0551. The van der Waals surface area contributed by atoms with Crippen molar-refractivity contribution in [3.63, 3.8) is 0 Å². The molecule has 7 rings (SSSR count). The number of hydrogen-bond donors (Lipinski definition) is 4. The first-order valence-electron chi connectivity index (χ1n) is 16.3. The van der Waals surface area contributed by atoms with E-state index in [9.17, 15) is 10.2 Å². The predicted molar refractivity (Wildman–Crippen MR) is 206 cm³/mol. The van der Waals surface area contributed by atoms with Crippen molar-refractivity contribution in [2.75, 3.05) is 11.5 Å².